The Hall–Kier alpha value is -3.56. The van der Waals surface area contributed by atoms with Crippen LogP contribution in [0.25, 0.3) is 0 Å². The molecule has 1 unspecified atom stereocenters. The van der Waals surface area contributed by atoms with Crippen molar-refractivity contribution in [2.45, 2.75) is 19.2 Å². The molecule has 0 aromatic heterocycles. The molecule has 2 aromatic carbocycles. The van der Waals surface area contributed by atoms with Crippen molar-refractivity contribution in [1.29, 1.82) is 0 Å². The molecule has 0 spiro atoms. The third-order valence-electron chi connectivity index (χ3n) is 5.24. The van der Waals surface area contributed by atoms with E-state index in [0.29, 0.717) is 26.2 Å². The van der Waals surface area contributed by atoms with Gasteiger partial charge in [-0.05, 0) is 43.3 Å². The first kappa shape index (κ1) is 24.1. The molecule has 1 saturated heterocycles. The third kappa shape index (κ3) is 6.47. The maximum atomic E-state index is 12.6. The van der Waals surface area contributed by atoms with Gasteiger partial charge in [-0.2, -0.15) is 13.2 Å². The summed E-state index contributed by atoms with van der Waals surface area (Å²) in [6.07, 6.45) is -5.53. The molecule has 2 aromatic rings. The molecule has 1 aliphatic heterocycles. The van der Waals surface area contributed by atoms with Gasteiger partial charge in [0, 0.05) is 37.4 Å². The van der Waals surface area contributed by atoms with Crippen molar-refractivity contribution in [2.24, 2.45) is 0 Å². The molecule has 3 rings (SSSR count). The molecule has 1 atom stereocenters. The predicted octanol–water partition coefficient (Wildman–Crippen LogP) is 2.72. The molecule has 1 aliphatic rings. The molecule has 10 heteroatoms. The second-order valence-corrected chi connectivity index (χ2v) is 7.54. The molecule has 0 bridgehead atoms. The summed E-state index contributed by atoms with van der Waals surface area (Å²) in [5.74, 6) is -1.87. The quantitative estimate of drug-likeness (QED) is 0.667. The fourth-order valence-corrected chi connectivity index (χ4v) is 3.44. The van der Waals surface area contributed by atoms with Crippen LogP contribution in [-0.4, -0.2) is 61.5 Å². The maximum absolute atomic E-state index is 12.6. The number of benzene rings is 2. The molecule has 7 nitrogen and oxygen atoms in total. The van der Waals surface area contributed by atoms with Crippen LogP contribution in [0.1, 0.15) is 22.8 Å². The Morgan fingerprint density at radius 3 is 2.15 bits per heavy atom. The largest absolute Gasteiger partial charge is 0.451 e. The van der Waals surface area contributed by atoms with Crippen LogP contribution in [0.15, 0.2) is 54.6 Å². The lowest BCUT2D eigenvalue weighted by Gasteiger charge is -2.37. The number of halogens is 3. The minimum Gasteiger partial charge on any atom is -0.451 e. The van der Waals surface area contributed by atoms with Gasteiger partial charge in [0.05, 0.1) is 5.56 Å². The van der Waals surface area contributed by atoms with Crippen molar-refractivity contribution < 1.29 is 32.3 Å². The van der Waals surface area contributed by atoms with Gasteiger partial charge in [0.1, 0.15) is 6.54 Å². The first-order chi connectivity index (χ1) is 15.6. The van der Waals surface area contributed by atoms with E-state index in [1.807, 2.05) is 30.3 Å². The number of amides is 2. The molecule has 0 radical (unpaired) electrons. The first-order valence-corrected chi connectivity index (χ1v) is 10.4. The van der Waals surface area contributed by atoms with E-state index in [1.54, 1.807) is 4.90 Å². The van der Waals surface area contributed by atoms with Gasteiger partial charge in [0.2, 0.25) is 0 Å². The van der Waals surface area contributed by atoms with Crippen LogP contribution in [0.2, 0.25) is 0 Å². The first-order valence-electron chi connectivity index (χ1n) is 10.4. The zero-order chi connectivity index (χ0) is 24.0. The van der Waals surface area contributed by atoms with Crippen LogP contribution in [0.5, 0.6) is 0 Å². The smallest absolute Gasteiger partial charge is 0.416 e. The lowest BCUT2D eigenvalue weighted by molar-refractivity contribution is -0.158. The number of alkyl halides is 3. The number of carbonyl (C=O) groups is 3. The molecule has 1 heterocycles. The SMILES string of the molecule is CC(OC(=O)CNC(=O)c1ccc(C(F)(F)F)cc1)C(=O)N1CCN(c2ccccc2)CC1. The number of piperazine rings is 1. The van der Waals surface area contributed by atoms with E-state index in [0.717, 1.165) is 30.0 Å². The number of esters is 1. The van der Waals surface area contributed by atoms with Crippen molar-refractivity contribution >= 4 is 23.5 Å². The van der Waals surface area contributed by atoms with Crippen molar-refractivity contribution in [3.63, 3.8) is 0 Å². The number of nitrogens with zero attached hydrogens (tertiary/aromatic N) is 2. The number of para-hydroxylation sites is 1. The van der Waals surface area contributed by atoms with E-state index >= 15 is 0 Å². The van der Waals surface area contributed by atoms with E-state index in [1.165, 1.54) is 6.92 Å². The fraction of sp³-hybridized carbons (Fsp3) is 0.348. The fourth-order valence-electron chi connectivity index (χ4n) is 3.44. The van der Waals surface area contributed by atoms with Crippen LogP contribution in [-0.2, 0) is 20.5 Å². The van der Waals surface area contributed by atoms with Gasteiger partial charge in [0.15, 0.2) is 6.10 Å². The lowest BCUT2D eigenvalue weighted by Crippen LogP contribution is -2.52. The van der Waals surface area contributed by atoms with E-state index in [9.17, 15) is 27.6 Å². The Morgan fingerprint density at radius 2 is 1.58 bits per heavy atom. The van der Waals surface area contributed by atoms with Gasteiger partial charge in [0.25, 0.3) is 11.8 Å². The number of hydrogen-bond donors (Lipinski definition) is 1. The van der Waals surface area contributed by atoms with Gasteiger partial charge >= 0.3 is 12.1 Å². The highest BCUT2D eigenvalue weighted by molar-refractivity contribution is 5.96. The standard InChI is InChI=1S/C23H24F3N3O4/c1-16(22(32)29-13-11-28(12-14-29)19-5-3-2-4-6-19)33-20(30)15-27-21(31)17-7-9-18(10-8-17)23(24,25)26/h2-10,16H,11-15H2,1H3,(H,27,31). The Kier molecular flexibility index (Phi) is 7.57. The molecular weight excluding hydrogens is 439 g/mol. The summed E-state index contributed by atoms with van der Waals surface area (Å²) < 4.78 is 42.9. The van der Waals surface area contributed by atoms with Crippen molar-refractivity contribution in [3.8, 4) is 0 Å². The summed E-state index contributed by atoms with van der Waals surface area (Å²) in [7, 11) is 0. The number of rotatable bonds is 6. The molecule has 2 amide bonds. The van der Waals surface area contributed by atoms with Gasteiger partial charge < -0.3 is 19.9 Å². The van der Waals surface area contributed by atoms with Crippen LogP contribution < -0.4 is 10.2 Å². The van der Waals surface area contributed by atoms with Crippen LogP contribution in [0.4, 0.5) is 18.9 Å². The second kappa shape index (κ2) is 10.4. The Labute approximate surface area is 189 Å². The molecule has 1 fully saturated rings. The van der Waals surface area contributed by atoms with Gasteiger partial charge in [-0.1, -0.05) is 18.2 Å². The second-order valence-electron chi connectivity index (χ2n) is 7.54. The summed E-state index contributed by atoms with van der Waals surface area (Å²) >= 11 is 0. The van der Waals surface area contributed by atoms with Crippen molar-refractivity contribution in [2.75, 3.05) is 37.6 Å². The Bertz CT molecular complexity index is 973. The zero-order valence-corrected chi connectivity index (χ0v) is 18.0. The number of ether oxygens (including phenoxy) is 1. The highest BCUT2D eigenvalue weighted by Crippen LogP contribution is 2.29. The van der Waals surface area contributed by atoms with Crippen molar-refractivity contribution in [1.82, 2.24) is 10.2 Å². The zero-order valence-electron chi connectivity index (χ0n) is 18.0. The summed E-state index contributed by atoms with van der Waals surface area (Å²) in [5.41, 5.74) is 0.166. The van der Waals surface area contributed by atoms with E-state index in [4.69, 9.17) is 4.74 Å². The Balaban J connectivity index is 1.42. The minimum absolute atomic E-state index is 0.0313. The molecule has 176 valence electrons. The highest BCUT2D eigenvalue weighted by Gasteiger charge is 2.30. The van der Waals surface area contributed by atoms with Gasteiger partial charge in [-0.15, -0.1) is 0 Å². The molecule has 0 saturated carbocycles. The average molecular weight is 463 g/mol. The highest BCUT2D eigenvalue weighted by atomic mass is 19.4. The monoisotopic (exact) mass is 463 g/mol. The number of anilines is 1. The molecule has 0 aliphatic carbocycles. The number of hydrogen-bond acceptors (Lipinski definition) is 5. The summed E-state index contributed by atoms with van der Waals surface area (Å²) in [6.45, 7) is 3.22. The topological polar surface area (TPSA) is 78.9 Å². The van der Waals surface area contributed by atoms with Crippen LogP contribution in [0, 0.1) is 0 Å². The summed E-state index contributed by atoms with van der Waals surface area (Å²) in [5, 5.41) is 2.28. The maximum Gasteiger partial charge on any atom is 0.416 e. The van der Waals surface area contributed by atoms with E-state index in [-0.39, 0.29) is 11.5 Å². The lowest BCUT2D eigenvalue weighted by atomic mass is 10.1. The average Bonchev–Trinajstić information content (AvgIpc) is 2.82. The molecular formula is C23H24F3N3O4. The summed E-state index contributed by atoms with van der Waals surface area (Å²) in [4.78, 5) is 40.5. The number of nitrogens with one attached hydrogen (secondary N) is 1. The van der Waals surface area contributed by atoms with Crippen LogP contribution >= 0.6 is 0 Å². The van der Waals surface area contributed by atoms with E-state index in [2.05, 4.69) is 10.2 Å². The molecule has 1 N–H and O–H groups in total. The van der Waals surface area contributed by atoms with E-state index < -0.39 is 36.3 Å². The third-order valence-corrected chi connectivity index (χ3v) is 5.24. The molecule has 33 heavy (non-hydrogen) atoms. The number of carbonyl (C=O) groups excluding carboxylic acids is 3. The van der Waals surface area contributed by atoms with Gasteiger partial charge in [-0.25, -0.2) is 0 Å². The van der Waals surface area contributed by atoms with Crippen LogP contribution in [0.3, 0.4) is 0 Å². The minimum atomic E-state index is -4.50. The predicted molar refractivity (Wildman–Crippen MR) is 115 cm³/mol. The summed E-state index contributed by atoms with van der Waals surface area (Å²) in [6, 6.07) is 13.4. The van der Waals surface area contributed by atoms with Gasteiger partial charge in [-0.3, -0.25) is 14.4 Å². The Morgan fingerprint density at radius 1 is 0.970 bits per heavy atom. The van der Waals surface area contributed by atoms with Crippen molar-refractivity contribution in [3.05, 3.63) is 65.7 Å². The normalized spacial score (nSPS) is 15.0.